The van der Waals surface area contributed by atoms with Gasteiger partial charge in [0, 0.05) is 23.5 Å². The minimum absolute atomic E-state index is 0.0998. The molecule has 9 heteroatoms. The molecule has 1 atom stereocenters. The Labute approximate surface area is 182 Å². The fourth-order valence-corrected chi connectivity index (χ4v) is 4.92. The van der Waals surface area contributed by atoms with Crippen LogP contribution >= 0.6 is 11.3 Å². The van der Waals surface area contributed by atoms with Crippen molar-refractivity contribution >= 4 is 33.3 Å². The molecule has 158 valence electrons. The van der Waals surface area contributed by atoms with E-state index in [-0.39, 0.29) is 18.2 Å². The second-order valence-corrected chi connectivity index (χ2v) is 8.06. The SMILES string of the molecule is COc1ccc(C2CC(=O)Nc3c2cnn3-c2nc3ccccc3s2)c(OC)c1OC. The Kier molecular flexibility index (Phi) is 4.74. The Morgan fingerprint density at radius 2 is 1.84 bits per heavy atom. The number of benzene rings is 2. The van der Waals surface area contributed by atoms with Crippen molar-refractivity contribution in [2.45, 2.75) is 12.3 Å². The van der Waals surface area contributed by atoms with E-state index in [2.05, 4.69) is 15.4 Å². The van der Waals surface area contributed by atoms with Crippen molar-refractivity contribution < 1.29 is 19.0 Å². The first kappa shape index (κ1) is 19.4. The molecule has 8 nitrogen and oxygen atoms in total. The fourth-order valence-electron chi connectivity index (χ4n) is 3.99. The van der Waals surface area contributed by atoms with E-state index in [4.69, 9.17) is 14.2 Å². The number of thiazole rings is 1. The molecule has 1 N–H and O–H groups in total. The summed E-state index contributed by atoms with van der Waals surface area (Å²) in [5.41, 5.74) is 2.62. The number of amides is 1. The van der Waals surface area contributed by atoms with Crippen LogP contribution in [0.15, 0.2) is 42.6 Å². The van der Waals surface area contributed by atoms with E-state index in [1.54, 1.807) is 32.2 Å². The number of nitrogens with one attached hydrogen (secondary N) is 1. The maximum Gasteiger partial charge on any atom is 0.226 e. The van der Waals surface area contributed by atoms with E-state index in [0.717, 1.165) is 21.3 Å². The molecule has 2 aromatic carbocycles. The van der Waals surface area contributed by atoms with E-state index in [9.17, 15) is 4.79 Å². The number of rotatable bonds is 5. The third kappa shape index (κ3) is 3.09. The van der Waals surface area contributed by atoms with E-state index in [1.165, 1.54) is 11.3 Å². The highest BCUT2D eigenvalue weighted by atomic mass is 32.1. The third-order valence-corrected chi connectivity index (χ3v) is 6.41. The molecule has 0 spiro atoms. The fraction of sp³-hybridized carbons (Fsp3) is 0.227. The van der Waals surface area contributed by atoms with E-state index in [1.807, 2.05) is 36.4 Å². The van der Waals surface area contributed by atoms with Gasteiger partial charge in [0.1, 0.15) is 5.82 Å². The predicted octanol–water partition coefficient (Wildman–Crippen LogP) is 3.98. The number of anilines is 1. The lowest BCUT2D eigenvalue weighted by Gasteiger charge is -2.26. The highest BCUT2D eigenvalue weighted by molar-refractivity contribution is 7.20. The van der Waals surface area contributed by atoms with Gasteiger partial charge in [-0.1, -0.05) is 29.5 Å². The Bertz CT molecular complexity index is 1260. The summed E-state index contributed by atoms with van der Waals surface area (Å²) in [6.07, 6.45) is 2.05. The molecule has 0 aliphatic carbocycles. The first-order chi connectivity index (χ1) is 15.1. The van der Waals surface area contributed by atoms with Crippen molar-refractivity contribution in [3.63, 3.8) is 0 Å². The maximum absolute atomic E-state index is 12.7. The molecule has 31 heavy (non-hydrogen) atoms. The summed E-state index contributed by atoms with van der Waals surface area (Å²) in [5.74, 6) is 1.87. The average Bonchev–Trinajstić information content (AvgIpc) is 3.41. The van der Waals surface area contributed by atoms with Crippen LogP contribution in [0.3, 0.4) is 0 Å². The van der Waals surface area contributed by atoms with Gasteiger partial charge in [-0.15, -0.1) is 0 Å². The largest absolute Gasteiger partial charge is 0.493 e. The van der Waals surface area contributed by atoms with E-state index < -0.39 is 0 Å². The standard InChI is InChI=1S/C22H20N4O4S/c1-28-16-9-8-12(19(29-2)20(16)30-3)13-10-18(27)25-21-14(13)11-23-26(21)22-24-15-6-4-5-7-17(15)31-22/h4-9,11,13H,10H2,1-3H3,(H,25,27). The number of carbonyl (C=O) groups is 1. The summed E-state index contributed by atoms with van der Waals surface area (Å²) >= 11 is 1.52. The van der Waals surface area contributed by atoms with Crippen LogP contribution in [0.4, 0.5) is 5.82 Å². The van der Waals surface area contributed by atoms with Gasteiger partial charge in [-0.2, -0.15) is 9.78 Å². The van der Waals surface area contributed by atoms with Crippen LogP contribution in [0.25, 0.3) is 15.3 Å². The number of hydrogen-bond donors (Lipinski definition) is 1. The summed E-state index contributed by atoms with van der Waals surface area (Å²) in [5, 5.41) is 8.23. The number of nitrogens with zero attached hydrogens (tertiary/aromatic N) is 3. The van der Waals surface area contributed by atoms with Gasteiger partial charge in [0.25, 0.3) is 0 Å². The molecule has 0 saturated heterocycles. The molecule has 1 aliphatic rings. The summed E-state index contributed by atoms with van der Waals surface area (Å²) in [6.45, 7) is 0. The van der Waals surface area contributed by atoms with Crippen LogP contribution in [0.5, 0.6) is 17.2 Å². The number of methoxy groups -OCH3 is 3. The summed E-state index contributed by atoms with van der Waals surface area (Å²) in [7, 11) is 4.72. The van der Waals surface area contributed by atoms with Crippen molar-refractivity contribution in [1.82, 2.24) is 14.8 Å². The molecule has 4 aromatic rings. The first-order valence-electron chi connectivity index (χ1n) is 9.67. The summed E-state index contributed by atoms with van der Waals surface area (Å²) in [4.78, 5) is 17.4. The minimum Gasteiger partial charge on any atom is -0.493 e. The normalized spacial score (nSPS) is 15.5. The molecule has 1 aliphatic heterocycles. The van der Waals surface area contributed by atoms with E-state index >= 15 is 0 Å². The topological polar surface area (TPSA) is 87.5 Å². The Hall–Kier alpha value is -3.59. The highest BCUT2D eigenvalue weighted by Crippen LogP contribution is 2.47. The monoisotopic (exact) mass is 436 g/mol. The smallest absolute Gasteiger partial charge is 0.226 e. The van der Waals surface area contributed by atoms with Gasteiger partial charge < -0.3 is 19.5 Å². The van der Waals surface area contributed by atoms with Crippen molar-refractivity contribution in [1.29, 1.82) is 0 Å². The Morgan fingerprint density at radius 1 is 1.03 bits per heavy atom. The number of hydrogen-bond acceptors (Lipinski definition) is 7. The van der Waals surface area contributed by atoms with Gasteiger partial charge in [-0.05, 0) is 18.2 Å². The van der Waals surface area contributed by atoms with Crippen LogP contribution in [0, 0.1) is 0 Å². The van der Waals surface area contributed by atoms with Crippen LogP contribution < -0.4 is 19.5 Å². The molecule has 0 fully saturated rings. The number of fused-ring (bicyclic) bond motifs is 2. The van der Waals surface area contributed by atoms with Crippen LogP contribution in [0.1, 0.15) is 23.5 Å². The minimum atomic E-state index is -0.248. The Balaban J connectivity index is 1.64. The molecule has 5 rings (SSSR count). The molecule has 1 unspecified atom stereocenters. The molecule has 1 amide bonds. The van der Waals surface area contributed by atoms with E-state index in [0.29, 0.717) is 28.2 Å². The number of carbonyl (C=O) groups excluding carboxylic acids is 1. The molecule has 0 radical (unpaired) electrons. The second kappa shape index (κ2) is 7.59. The lowest BCUT2D eigenvalue weighted by Crippen LogP contribution is -2.25. The highest BCUT2D eigenvalue weighted by Gasteiger charge is 2.34. The zero-order chi connectivity index (χ0) is 21.5. The van der Waals surface area contributed by atoms with Crippen molar-refractivity contribution in [2.75, 3.05) is 26.6 Å². The molecular weight excluding hydrogens is 416 g/mol. The molecule has 3 heterocycles. The van der Waals surface area contributed by atoms with Crippen LogP contribution in [-0.2, 0) is 4.79 Å². The van der Waals surface area contributed by atoms with Crippen molar-refractivity contribution in [3.05, 3.63) is 53.7 Å². The van der Waals surface area contributed by atoms with Gasteiger partial charge in [0.15, 0.2) is 11.5 Å². The van der Waals surface area contributed by atoms with Crippen molar-refractivity contribution in [2.24, 2.45) is 0 Å². The van der Waals surface area contributed by atoms with Crippen LogP contribution in [0.2, 0.25) is 0 Å². The second-order valence-electron chi connectivity index (χ2n) is 7.05. The van der Waals surface area contributed by atoms with Crippen molar-refractivity contribution in [3.8, 4) is 22.4 Å². The maximum atomic E-state index is 12.7. The molecule has 0 bridgehead atoms. The molecular formula is C22H20N4O4S. The lowest BCUT2D eigenvalue weighted by molar-refractivity contribution is -0.116. The lowest BCUT2D eigenvalue weighted by atomic mass is 9.86. The summed E-state index contributed by atoms with van der Waals surface area (Å²) < 4.78 is 19.3. The van der Waals surface area contributed by atoms with Gasteiger partial charge in [0.2, 0.25) is 16.8 Å². The molecule has 2 aromatic heterocycles. The van der Waals surface area contributed by atoms with Gasteiger partial charge in [0.05, 0.1) is 37.7 Å². The van der Waals surface area contributed by atoms with Gasteiger partial charge >= 0.3 is 0 Å². The van der Waals surface area contributed by atoms with Gasteiger partial charge in [-0.3, -0.25) is 4.79 Å². The quantitative estimate of drug-likeness (QED) is 0.509. The number of ether oxygens (including phenoxy) is 3. The molecule has 0 saturated carbocycles. The third-order valence-electron chi connectivity index (χ3n) is 5.39. The van der Waals surface area contributed by atoms with Crippen LogP contribution in [-0.4, -0.2) is 42.0 Å². The first-order valence-corrected chi connectivity index (χ1v) is 10.5. The Morgan fingerprint density at radius 3 is 2.58 bits per heavy atom. The zero-order valence-corrected chi connectivity index (χ0v) is 18.0. The predicted molar refractivity (Wildman–Crippen MR) is 118 cm³/mol. The zero-order valence-electron chi connectivity index (χ0n) is 17.2. The number of aromatic nitrogens is 3. The van der Waals surface area contributed by atoms with Gasteiger partial charge in [-0.25, -0.2) is 4.98 Å². The average molecular weight is 436 g/mol. The summed E-state index contributed by atoms with van der Waals surface area (Å²) in [6, 6.07) is 11.6. The number of para-hydroxylation sites is 1.